The monoisotopic (exact) mass is 231 g/mol. The van der Waals surface area contributed by atoms with Crippen molar-refractivity contribution in [3.8, 4) is 0 Å². The van der Waals surface area contributed by atoms with E-state index in [2.05, 4.69) is 5.32 Å². The highest BCUT2D eigenvalue weighted by Crippen LogP contribution is 1.92. The minimum atomic E-state index is -1.03. The molecule has 6 nitrogen and oxygen atoms in total. The van der Waals surface area contributed by atoms with Gasteiger partial charge in [0.05, 0.1) is 0 Å². The van der Waals surface area contributed by atoms with Gasteiger partial charge in [-0.25, -0.2) is 4.79 Å². The van der Waals surface area contributed by atoms with E-state index in [0.717, 1.165) is 13.0 Å². The summed E-state index contributed by atoms with van der Waals surface area (Å²) in [4.78, 5) is 25.5. The van der Waals surface area contributed by atoms with Crippen molar-refractivity contribution in [2.45, 2.75) is 19.4 Å². The highest BCUT2D eigenvalue weighted by atomic mass is 16.4. The summed E-state index contributed by atoms with van der Waals surface area (Å²) in [5.41, 5.74) is 0. The number of carbonyl (C=O) groups excluding carboxylic acids is 1. The van der Waals surface area contributed by atoms with Gasteiger partial charge in [-0.3, -0.25) is 4.79 Å². The van der Waals surface area contributed by atoms with E-state index in [9.17, 15) is 9.59 Å². The predicted molar refractivity (Wildman–Crippen MR) is 61.4 cm³/mol. The van der Waals surface area contributed by atoms with Crippen molar-refractivity contribution in [3.05, 3.63) is 0 Å². The Kier molecular flexibility index (Phi) is 6.48. The first kappa shape index (κ1) is 14.7. The molecule has 0 aliphatic rings. The summed E-state index contributed by atoms with van der Waals surface area (Å²) >= 11 is 0. The first-order valence-electron chi connectivity index (χ1n) is 5.23. The number of rotatable bonds is 6. The molecule has 0 heterocycles. The summed E-state index contributed by atoms with van der Waals surface area (Å²) in [6.45, 7) is 2.94. The van der Waals surface area contributed by atoms with Crippen LogP contribution >= 0.6 is 0 Å². The zero-order valence-corrected chi connectivity index (χ0v) is 10.4. The summed E-state index contributed by atoms with van der Waals surface area (Å²) in [6.07, 6.45) is 0.859. The van der Waals surface area contributed by atoms with Crippen molar-refractivity contribution in [1.29, 1.82) is 0 Å². The van der Waals surface area contributed by atoms with Crippen LogP contribution < -0.4 is 5.32 Å². The van der Waals surface area contributed by atoms with Gasteiger partial charge < -0.3 is 20.2 Å². The van der Waals surface area contributed by atoms with Crippen LogP contribution in [0.3, 0.4) is 0 Å². The number of hydrogen-bond acceptors (Lipinski definition) is 3. The molecule has 0 radical (unpaired) electrons. The third-order valence-corrected chi connectivity index (χ3v) is 2.16. The summed E-state index contributed by atoms with van der Waals surface area (Å²) < 4.78 is 0. The number of carbonyl (C=O) groups is 2. The molecule has 2 N–H and O–H groups in total. The van der Waals surface area contributed by atoms with E-state index >= 15 is 0 Å². The molecule has 0 saturated carbocycles. The Morgan fingerprint density at radius 1 is 1.25 bits per heavy atom. The number of nitrogens with zero attached hydrogens (tertiary/aromatic N) is 2. The van der Waals surface area contributed by atoms with E-state index in [0.29, 0.717) is 6.54 Å². The average molecular weight is 231 g/mol. The van der Waals surface area contributed by atoms with Gasteiger partial charge in [-0.05, 0) is 34.0 Å². The van der Waals surface area contributed by atoms with Crippen molar-refractivity contribution in [3.63, 3.8) is 0 Å². The zero-order valence-electron chi connectivity index (χ0n) is 10.4. The normalized spacial score (nSPS) is 12.3. The van der Waals surface area contributed by atoms with Gasteiger partial charge in [0.2, 0.25) is 0 Å². The summed E-state index contributed by atoms with van der Waals surface area (Å²) in [5, 5.41) is 11.0. The molecule has 0 aromatic heterocycles. The first-order chi connectivity index (χ1) is 7.34. The SMILES string of the molecule is C[C@@H](NC(=O)N(C)CCCN(C)C)C(=O)O. The van der Waals surface area contributed by atoms with Crippen LogP contribution in [0.1, 0.15) is 13.3 Å². The van der Waals surface area contributed by atoms with Crippen LogP contribution in [0, 0.1) is 0 Å². The molecule has 0 aliphatic carbocycles. The van der Waals surface area contributed by atoms with Crippen molar-refractivity contribution >= 4 is 12.0 Å². The molecular formula is C10H21N3O3. The molecule has 0 rings (SSSR count). The maximum Gasteiger partial charge on any atom is 0.325 e. The molecule has 6 heteroatoms. The van der Waals surface area contributed by atoms with Gasteiger partial charge in [0.1, 0.15) is 6.04 Å². The second kappa shape index (κ2) is 7.05. The Balaban J connectivity index is 3.86. The van der Waals surface area contributed by atoms with Gasteiger partial charge in [-0.1, -0.05) is 0 Å². The van der Waals surface area contributed by atoms with Gasteiger partial charge in [0.25, 0.3) is 0 Å². The molecule has 0 aromatic carbocycles. The van der Waals surface area contributed by atoms with Gasteiger partial charge in [0.15, 0.2) is 0 Å². The molecule has 0 saturated heterocycles. The van der Waals surface area contributed by atoms with Crippen LogP contribution in [0.25, 0.3) is 0 Å². The lowest BCUT2D eigenvalue weighted by molar-refractivity contribution is -0.138. The zero-order chi connectivity index (χ0) is 12.7. The highest BCUT2D eigenvalue weighted by molar-refractivity contribution is 5.82. The largest absolute Gasteiger partial charge is 0.480 e. The molecule has 0 fully saturated rings. The quantitative estimate of drug-likeness (QED) is 0.677. The minimum absolute atomic E-state index is 0.353. The Morgan fingerprint density at radius 3 is 2.25 bits per heavy atom. The Hall–Kier alpha value is -1.30. The van der Waals surface area contributed by atoms with Crippen molar-refractivity contribution < 1.29 is 14.7 Å². The molecule has 16 heavy (non-hydrogen) atoms. The molecule has 1 atom stereocenters. The van der Waals surface area contributed by atoms with Crippen molar-refractivity contribution in [2.75, 3.05) is 34.2 Å². The van der Waals surface area contributed by atoms with Crippen LogP contribution in [0.4, 0.5) is 4.79 Å². The molecule has 0 aliphatic heterocycles. The van der Waals surface area contributed by atoms with Crippen LogP contribution in [0.5, 0.6) is 0 Å². The van der Waals surface area contributed by atoms with Crippen molar-refractivity contribution in [2.24, 2.45) is 0 Å². The predicted octanol–water partition coefficient (Wildman–Crippen LogP) is 0.0526. The number of carboxylic acid groups (broad SMARTS) is 1. The van der Waals surface area contributed by atoms with Crippen LogP contribution in [-0.4, -0.2) is 67.2 Å². The average Bonchev–Trinajstić information content (AvgIpc) is 2.16. The summed E-state index contributed by atoms with van der Waals surface area (Å²) in [5.74, 6) is -1.03. The number of carboxylic acids is 1. The van der Waals surface area contributed by atoms with Crippen LogP contribution in [-0.2, 0) is 4.79 Å². The summed E-state index contributed by atoms with van der Waals surface area (Å²) in [7, 11) is 5.58. The topological polar surface area (TPSA) is 72.9 Å². The fourth-order valence-corrected chi connectivity index (χ4v) is 1.08. The number of nitrogens with one attached hydrogen (secondary N) is 1. The number of aliphatic carboxylic acids is 1. The van der Waals surface area contributed by atoms with Crippen LogP contribution in [0.15, 0.2) is 0 Å². The van der Waals surface area contributed by atoms with Gasteiger partial charge in [0, 0.05) is 13.6 Å². The third-order valence-electron chi connectivity index (χ3n) is 2.16. The van der Waals surface area contributed by atoms with E-state index in [-0.39, 0.29) is 6.03 Å². The smallest absolute Gasteiger partial charge is 0.325 e. The molecule has 94 valence electrons. The number of amides is 2. The number of hydrogen-bond donors (Lipinski definition) is 2. The Labute approximate surface area is 96.2 Å². The standard InChI is InChI=1S/C10H21N3O3/c1-8(9(14)15)11-10(16)13(4)7-5-6-12(2)3/h8H,5-7H2,1-4H3,(H,11,16)(H,14,15)/t8-/m1/s1. The number of urea groups is 1. The second-order valence-corrected chi connectivity index (χ2v) is 4.09. The summed E-state index contributed by atoms with van der Waals surface area (Å²) in [6, 6.07) is -1.21. The lowest BCUT2D eigenvalue weighted by atomic mass is 10.3. The Bertz CT molecular complexity index is 243. The Morgan fingerprint density at radius 2 is 1.81 bits per heavy atom. The highest BCUT2D eigenvalue weighted by Gasteiger charge is 2.16. The van der Waals surface area contributed by atoms with Crippen LogP contribution in [0.2, 0.25) is 0 Å². The van der Waals surface area contributed by atoms with Gasteiger partial charge in [-0.2, -0.15) is 0 Å². The van der Waals surface area contributed by atoms with E-state index in [1.165, 1.54) is 11.8 Å². The fraction of sp³-hybridized carbons (Fsp3) is 0.800. The third kappa shape index (κ3) is 6.23. The maximum absolute atomic E-state index is 11.5. The van der Waals surface area contributed by atoms with E-state index in [1.807, 2.05) is 19.0 Å². The van der Waals surface area contributed by atoms with Crippen molar-refractivity contribution in [1.82, 2.24) is 15.1 Å². The molecular weight excluding hydrogens is 210 g/mol. The maximum atomic E-state index is 11.5. The lowest BCUT2D eigenvalue weighted by Crippen LogP contribution is -2.45. The molecule has 0 unspecified atom stereocenters. The van der Waals surface area contributed by atoms with E-state index in [1.54, 1.807) is 7.05 Å². The molecule has 0 bridgehead atoms. The lowest BCUT2D eigenvalue weighted by Gasteiger charge is -2.20. The van der Waals surface area contributed by atoms with E-state index in [4.69, 9.17) is 5.11 Å². The molecule has 2 amide bonds. The van der Waals surface area contributed by atoms with E-state index < -0.39 is 12.0 Å². The minimum Gasteiger partial charge on any atom is -0.480 e. The van der Waals surface area contributed by atoms with Gasteiger partial charge in [-0.15, -0.1) is 0 Å². The fourth-order valence-electron chi connectivity index (χ4n) is 1.08. The molecule has 0 spiro atoms. The first-order valence-corrected chi connectivity index (χ1v) is 5.23. The second-order valence-electron chi connectivity index (χ2n) is 4.09. The molecule has 0 aromatic rings. The van der Waals surface area contributed by atoms with Gasteiger partial charge >= 0.3 is 12.0 Å².